The number of nitrogens with one attached hydrogen (secondary N) is 2. The van der Waals surface area contributed by atoms with E-state index in [2.05, 4.69) is 10.6 Å². The van der Waals surface area contributed by atoms with Crippen LogP contribution < -0.4 is 20.1 Å². The minimum atomic E-state index is -0.251. The van der Waals surface area contributed by atoms with E-state index in [1.54, 1.807) is 37.4 Å². The van der Waals surface area contributed by atoms with Crippen LogP contribution in [0.1, 0.15) is 15.9 Å². The standard InChI is InChI=1S/C24H24N2O4S/c1-16-6-4-5-7-20(16)26-23(27)15-31-19-11-9-18(10-12-19)25-24(28)17-8-13-21(29-2)22(14-17)30-3/h4-14H,15H2,1-3H3,(H,25,28)(H,26,27). The van der Waals surface area contributed by atoms with Crippen LogP contribution in [0, 0.1) is 6.92 Å². The van der Waals surface area contributed by atoms with Crippen LogP contribution in [0.4, 0.5) is 11.4 Å². The summed E-state index contributed by atoms with van der Waals surface area (Å²) in [6, 6.07) is 20.0. The Morgan fingerprint density at radius 1 is 0.871 bits per heavy atom. The Labute approximate surface area is 186 Å². The number of carbonyl (C=O) groups excluding carboxylic acids is 2. The minimum absolute atomic E-state index is 0.0647. The molecule has 3 rings (SSSR count). The maximum atomic E-state index is 12.5. The Morgan fingerprint density at radius 2 is 1.58 bits per heavy atom. The second-order valence-corrected chi connectivity index (χ2v) is 7.75. The third kappa shape index (κ3) is 6.02. The second-order valence-electron chi connectivity index (χ2n) is 6.70. The molecule has 0 spiro atoms. The zero-order valence-electron chi connectivity index (χ0n) is 17.6. The summed E-state index contributed by atoms with van der Waals surface area (Å²) in [7, 11) is 3.07. The van der Waals surface area contributed by atoms with Crippen molar-refractivity contribution in [3.63, 3.8) is 0 Å². The van der Waals surface area contributed by atoms with E-state index < -0.39 is 0 Å². The van der Waals surface area contributed by atoms with Crippen LogP contribution in [0.15, 0.2) is 71.6 Å². The van der Waals surface area contributed by atoms with Gasteiger partial charge in [-0.1, -0.05) is 18.2 Å². The van der Waals surface area contributed by atoms with Crippen LogP contribution in [-0.2, 0) is 4.79 Å². The van der Waals surface area contributed by atoms with E-state index >= 15 is 0 Å². The van der Waals surface area contributed by atoms with Crippen LogP contribution in [-0.4, -0.2) is 31.8 Å². The first-order valence-corrected chi connectivity index (χ1v) is 10.6. The number of thioether (sulfide) groups is 1. The predicted molar refractivity (Wildman–Crippen MR) is 124 cm³/mol. The first-order valence-electron chi connectivity index (χ1n) is 9.62. The van der Waals surface area contributed by atoms with Gasteiger partial charge >= 0.3 is 0 Å². The lowest BCUT2D eigenvalue weighted by atomic mass is 10.2. The lowest BCUT2D eigenvalue weighted by molar-refractivity contribution is -0.113. The van der Waals surface area contributed by atoms with Crippen molar-refractivity contribution in [1.82, 2.24) is 0 Å². The molecule has 3 aromatic rings. The molecule has 160 valence electrons. The molecule has 0 heterocycles. The van der Waals surface area contributed by atoms with E-state index in [-0.39, 0.29) is 11.8 Å². The van der Waals surface area contributed by atoms with Crippen LogP contribution in [0.2, 0.25) is 0 Å². The van der Waals surface area contributed by atoms with Crippen molar-refractivity contribution in [1.29, 1.82) is 0 Å². The fourth-order valence-electron chi connectivity index (χ4n) is 2.86. The number of anilines is 2. The molecule has 2 N–H and O–H groups in total. The summed E-state index contributed by atoms with van der Waals surface area (Å²) in [4.78, 5) is 25.6. The highest BCUT2D eigenvalue weighted by molar-refractivity contribution is 8.00. The Hall–Kier alpha value is -3.45. The van der Waals surface area contributed by atoms with Crippen molar-refractivity contribution in [2.45, 2.75) is 11.8 Å². The average molecular weight is 437 g/mol. The summed E-state index contributed by atoms with van der Waals surface area (Å²) >= 11 is 1.43. The molecule has 0 atom stereocenters. The highest BCUT2D eigenvalue weighted by Gasteiger charge is 2.11. The van der Waals surface area contributed by atoms with Gasteiger partial charge in [0, 0.05) is 21.8 Å². The van der Waals surface area contributed by atoms with Gasteiger partial charge in [0.05, 0.1) is 20.0 Å². The minimum Gasteiger partial charge on any atom is -0.493 e. The van der Waals surface area contributed by atoms with Crippen molar-refractivity contribution < 1.29 is 19.1 Å². The molecule has 0 unspecified atom stereocenters. The summed E-state index contributed by atoms with van der Waals surface area (Å²) < 4.78 is 10.4. The molecule has 0 aromatic heterocycles. The number of methoxy groups -OCH3 is 2. The smallest absolute Gasteiger partial charge is 0.255 e. The molecule has 0 saturated carbocycles. The molecule has 0 radical (unpaired) electrons. The summed E-state index contributed by atoms with van der Waals surface area (Å²) in [5.74, 6) is 1.04. The van der Waals surface area contributed by atoms with Gasteiger partial charge in [0.2, 0.25) is 5.91 Å². The number of rotatable bonds is 8. The molecule has 31 heavy (non-hydrogen) atoms. The van der Waals surface area contributed by atoms with E-state index in [0.29, 0.717) is 28.5 Å². The first kappa shape index (κ1) is 22.2. The SMILES string of the molecule is COc1ccc(C(=O)Nc2ccc(SCC(=O)Nc3ccccc3C)cc2)cc1OC. The number of amides is 2. The third-order valence-corrected chi connectivity index (χ3v) is 5.56. The first-order chi connectivity index (χ1) is 15.0. The largest absolute Gasteiger partial charge is 0.493 e. The molecular formula is C24H24N2O4S. The summed E-state index contributed by atoms with van der Waals surface area (Å²) in [6.07, 6.45) is 0. The van der Waals surface area contributed by atoms with E-state index in [1.807, 2.05) is 43.3 Å². The maximum absolute atomic E-state index is 12.5. The van der Waals surface area contributed by atoms with Gasteiger partial charge in [-0.25, -0.2) is 0 Å². The van der Waals surface area contributed by atoms with E-state index in [9.17, 15) is 9.59 Å². The number of carbonyl (C=O) groups is 2. The molecule has 2 amide bonds. The Balaban J connectivity index is 1.54. The number of hydrogen-bond donors (Lipinski definition) is 2. The van der Waals surface area contributed by atoms with Crippen molar-refractivity contribution in [3.8, 4) is 11.5 Å². The zero-order valence-corrected chi connectivity index (χ0v) is 18.4. The van der Waals surface area contributed by atoms with Gasteiger partial charge in [-0.15, -0.1) is 11.8 Å². The third-order valence-electron chi connectivity index (χ3n) is 4.55. The van der Waals surface area contributed by atoms with Gasteiger partial charge in [0.15, 0.2) is 11.5 Å². The fourth-order valence-corrected chi connectivity index (χ4v) is 3.56. The molecule has 0 fully saturated rings. The molecule has 0 aliphatic heterocycles. The number of para-hydroxylation sites is 1. The van der Waals surface area contributed by atoms with E-state index in [4.69, 9.17) is 9.47 Å². The highest BCUT2D eigenvalue weighted by atomic mass is 32.2. The quantitative estimate of drug-likeness (QED) is 0.486. The topological polar surface area (TPSA) is 76.7 Å². The van der Waals surface area contributed by atoms with Crippen molar-refractivity contribution in [2.75, 3.05) is 30.6 Å². The molecule has 0 aliphatic rings. The molecule has 3 aromatic carbocycles. The Bertz CT molecular complexity index is 1070. The molecule has 6 nitrogen and oxygen atoms in total. The summed E-state index contributed by atoms with van der Waals surface area (Å²) in [5, 5.41) is 5.77. The van der Waals surface area contributed by atoms with Gasteiger partial charge in [0.1, 0.15) is 0 Å². The van der Waals surface area contributed by atoms with Gasteiger partial charge in [0.25, 0.3) is 5.91 Å². The number of ether oxygens (including phenoxy) is 2. The van der Waals surface area contributed by atoms with Gasteiger partial charge in [-0.05, 0) is 61.0 Å². The van der Waals surface area contributed by atoms with Crippen molar-refractivity contribution in [2.24, 2.45) is 0 Å². The molecular weight excluding hydrogens is 412 g/mol. The van der Waals surface area contributed by atoms with Crippen LogP contribution in [0.25, 0.3) is 0 Å². The monoisotopic (exact) mass is 436 g/mol. The second kappa shape index (κ2) is 10.5. The summed E-state index contributed by atoms with van der Waals surface area (Å²) in [5.41, 5.74) is 2.97. The fraction of sp³-hybridized carbons (Fsp3) is 0.167. The number of benzene rings is 3. The Morgan fingerprint density at radius 3 is 2.26 bits per heavy atom. The molecule has 0 aliphatic carbocycles. The maximum Gasteiger partial charge on any atom is 0.255 e. The average Bonchev–Trinajstić information content (AvgIpc) is 2.79. The van der Waals surface area contributed by atoms with Gasteiger partial charge < -0.3 is 20.1 Å². The normalized spacial score (nSPS) is 10.3. The Kier molecular flexibility index (Phi) is 7.56. The molecule has 0 bridgehead atoms. The lowest BCUT2D eigenvalue weighted by Gasteiger charge is -2.10. The van der Waals surface area contributed by atoms with Crippen LogP contribution >= 0.6 is 11.8 Å². The lowest BCUT2D eigenvalue weighted by Crippen LogP contribution is -2.14. The van der Waals surface area contributed by atoms with Gasteiger partial charge in [-0.2, -0.15) is 0 Å². The van der Waals surface area contributed by atoms with Crippen molar-refractivity contribution in [3.05, 3.63) is 77.9 Å². The number of aryl methyl sites for hydroxylation is 1. The van der Waals surface area contributed by atoms with E-state index in [0.717, 1.165) is 16.1 Å². The van der Waals surface area contributed by atoms with E-state index in [1.165, 1.54) is 18.9 Å². The van der Waals surface area contributed by atoms with Gasteiger partial charge in [-0.3, -0.25) is 9.59 Å². The zero-order chi connectivity index (χ0) is 22.2. The molecule has 0 saturated heterocycles. The summed E-state index contributed by atoms with van der Waals surface area (Å²) in [6.45, 7) is 1.96. The predicted octanol–water partition coefficient (Wildman–Crippen LogP) is 5.00. The van der Waals surface area contributed by atoms with Crippen LogP contribution in [0.3, 0.4) is 0 Å². The van der Waals surface area contributed by atoms with Crippen LogP contribution in [0.5, 0.6) is 11.5 Å². The highest BCUT2D eigenvalue weighted by Crippen LogP contribution is 2.28. The number of hydrogen-bond acceptors (Lipinski definition) is 5. The van der Waals surface area contributed by atoms with Crippen molar-refractivity contribution >= 4 is 35.0 Å². The molecule has 7 heteroatoms.